The molecule has 1 amide bonds. The van der Waals surface area contributed by atoms with Crippen molar-refractivity contribution in [3.63, 3.8) is 0 Å². The minimum Gasteiger partial charge on any atom is -0.397 e. The third-order valence-electron chi connectivity index (χ3n) is 2.85. The Bertz CT molecular complexity index is 668. The van der Waals surface area contributed by atoms with E-state index in [1.165, 1.54) is 17.0 Å². The van der Waals surface area contributed by atoms with Gasteiger partial charge < -0.3 is 16.0 Å². The van der Waals surface area contributed by atoms with Crippen molar-refractivity contribution in [3.05, 3.63) is 52.8 Å². The van der Waals surface area contributed by atoms with Gasteiger partial charge in [-0.3, -0.25) is 4.79 Å². The second kappa shape index (κ2) is 6.01. The molecule has 4 nitrogen and oxygen atoms in total. The van der Waals surface area contributed by atoms with Crippen molar-refractivity contribution in [1.29, 1.82) is 0 Å². The van der Waals surface area contributed by atoms with E-state index in [0.717, 1.165) is 0 Å². The highest BCUT2D eigenvalue weighted by atomic mass is 35.5. The van der Waals surface area contributed by atoms with E-state index in [1.807, 2.05) is 0 Å². The number of hydrogen-bond donors (Lipinski definition) is 2. The Morgan fingerprint density at radius 3 is 2.52 bits per heavy atom. The Labute approximate surface area is 127 Å². The molecule has 2 aromatic rings. The zero-order valence-electron chi connectivity index (χ0n) is 11.7. The molecule has 0 aliphatic heterocycles. The van der Waals surface area contributed by atoms with E-state index in [1.54, 1.807) is 38.4 Å². The van der Waals surface area contributed by atoms with Gasteiger partial charge in [0.15, 0.2) is 0 Å². The molecule has 0 unspecified atom stereocenters. The van der Waals surface area contributed by atoms with Crippen molar-refractivity contribution in [2.45, 2.75) is 0 Å². The summed E-state index contributed by atoms with van der Waals surface area (Å²) in [7, 11) is 3.33. The first-order chi connectivity index (χ1) is 9.86. The van der Waals surface area contributed by atoms with Crippen LogP contribution < -0.4 is 11.1 Å². The summed E-state index contributed by atoms with van der Waals surface area (Å²) >= 11 is 5.80. The van der Waals surface area contributed by atoms with Crippen LogP contribution in [0.4, 0.5) is 21.5 Å². The summed E-state index contributed by atoms with van der Waals surface area (Å²) in [5.41, 5.74) is 7.86. The number of nitrogens with two attached hydrogens (primary N) is 1. The van der Waals surface area contributed by atoms with Crippen molar-refractivity contribution < 1.29 is 9.18 Å². The van der Waals surface area contributed by atoms with Crippen LogP contribution in [0.3, 0.4) is 0 Å². The van der Waals surface area contributed by atoms with Crippen molar-refractivity contribution >= 4 is 34.6 Å². The molecular formula is C15H15ClFN3O. The third-order valence-corrected chi connectivity index (χ3v) is 3.06. The maximum Gasteiger partial charge on any atom is 0.253 e. The summed E-state index contributed by atoms with van der Waals surface area (Å²) in [5, 5.41) is 3.26. The van der Waals surface area contributed by atoms with Gasteiger partial charge in [-0.15, -0.1) is 0 Å². The molecule has 0 bridgehead atoms. The summed E-state index contributed by atoms with van der Waals surface area (Å²) in [4.78, 5) is 13.3. The maximum atomic E-state index is 13.3. The SMILES string of the molecule is CN(C)C(=O)c1ccc(Nc2cc(F)cc(Cl)c2)c(N)c1. The molecule has 3 N–H and O–H groups in total. The van der Waals surface area contributed by atoms with Crippen molar-refractivity contribution in [2.75, 3.05) is 25.1 Å². The lowest BCUT2D eigenvalue weighted by Gasteiger charge is -2.14. The number of hydrogen-bond acceptors (Lipinski definition) is 3. The molecule has 0 radical (unpaired) electrons. The Morgan fingerprint density at radius 1 is 1.24 bits per heavy atom. The quantitative estimate of drug-likeness (QED) is 0.853. The number of nitrogen functional groups attached to an aromatic ring is 1. The number of anilines is 3. The standard InChI is InChI=1S/C15H15ClFN3O/c1-20(2)15(21)9-3-4-14(13(18)5-9)19-12-7-10(16)6-11(17)8-12/h3-8,19H,18H2,1-2H3. The number of amides is 1. The summed E-state index contributed by atoms with van der Waals surface area (Å²) < 4.78 is 13.3. The Kier molecular flexibility index (Phi) is 4.33. The number of carbonyl (C=O) groups is 1. The minimum absolute atomic E-state index is 0.137. The average molecular weight is 308 g/mol. The van der Waals surface area contributed by atoms with E-state index in [4.69, 9.17) is 17.3 Å². The van der Waals surface area contributed by atoms with Gasteiger partial charge in [0.1, 0.15) is 5.82 Å². The van der Waals surface area contributed by atoms with Gasteiger partial charge in [-0.25, -0.2) is 4.39 Å². The van der Waals surface area contributed by atoms with E-state index in [9.17, 15) is 9.18 Å². The number of nitrogens with one attached hydrogen (secondary N) is 1. The van der Waals surface area contributed by atoms with E-state index in [0.29, 0.717) is 22.6 Å². The number of halogens is 2. The van der Waals surface area contributed by atoms with E-state index in [-0.39, 0.29) is 10.9 Å². The predicted octanol–water partition coefficient (Wildman–Crippen LogP) is 3.51. The molecule has 110 valence electrons. The molecule has 0 atom stereocenters. The lowest BCUT2D eigenvalue weighted by atomic mass is 10.1. The second-order valence-corrected chi connectivity index (χ2v) is 5.22. The Hall–Kier alpha value is -2.27. The third kappa shape index (κ3) is 3.64. The Morgan fingerprint density at radius 2 is 1.95 bits per heavy atom. The topological polar surface area (TPSA) is 58.4 Å². The highest BCUT2D eigenvalue weighted by Gasteiger charge is 2.10. The molecule has 6 heteroatoms. The number of carbonyl (C=O) groups excluding carboxylic acids is 1. The second-order valence-electron chi connectivity index (χ2n) is 4.78. The van der Waals surface area contributed by atoms with Crippen LogP contribution in [-0.4, -0.2) is 24.9 Å². The molecule has 0 aliphatic rings. The molecule has 0 spiro atoms. The average Bonchev–Trinajstić information content (AvgIpc) is 2.39. The highest BCUT2D eigenvalue weighted by molar-refractivity contribution is 6.30. The van der Waals surface area contributed by atoms with Crippen LogP contribution >= 0.6 is 11.6 Å². The van der Waals surface area contributed by atoms with Gasteiger partial charge in [0.05, 0.1) is 11.4 Å². The van der Waals surface area contributed by atoms with Gasteiger partial charge in [0.2, 0.25) is 0 Å². The highest BCUT2D eigenvalue weighted by Crippen LogP contribution is 2.26. The van der Waals surface area contributed by atoms with Crippen LogP contribution in [0.1, 0.15) is 10.4 Å². The maximum absolute atomic E-state index is 13.3. The van der Waals surface area contributed by atoms with Gasteiger partial charge in [-0.2, -0.15) is 0 Å². The molecule has 2 aromatic carbocycles. The summed E-state index contributed by atoms with van der Waals surface area (Å²) in [6.07, 6.45) is 0. The van der Waals surface area contributed by atoms with Crippen LogP contribution in [0.5, 0.6) is 0 Å². The van der Waals surface area contributed by atoms with Gasteiger partial charge >= 0.3 is 0 Å². The molecule has 0 saturated carbocycles. The molecule has 2 rings (SSSR count). The zero-order valence-corrected chi connectivity index (χ0v) is 12.4. The summed E-state index contributed by atoms with van der Waals surface area (Å²) in [5.74, 6) is -0.579. The molecule has 0 saturated heterocycles. The van der Waals surface area contributed by atoms with Crippen LogP contribution in [0.2, 0.25) is 5.02 Å². The van der Waals surface area contributed by atoms with Gasteiger partial charge in [0.25, 0.3) is 5.91 Å². The molecular weight excluding hydrogens is 293 g/mol. The summed E-state index contributed by atoms with van der Waals surface area (Å²) in [6.45, 7) is 0. The van der Waals surface area contributed by atoms with Crippen molar-refractivity contribution in [2.24, 2.45) is 0 Å². The minimum atomic E-state index is -0.442. The largest absolute Gasteiger partial charge is 0.397 e. The molecule has 0 heterocycles. The normalized spacial score (nSPS) is 10.3. The van der Waals surface area contributed by atoms with Crippen molar-refractivity contribution in [3.8, 4) is 0 Å². The fourth-order valence-corrected chi connectivity index (χ4v) is 2.07. The lowest BCUT2D eigenvalue weighted by Crippen LogP contribution is -2.21. The van der Waals surface area contributed by atoms with Gasteiger partial charge in [0, 0.05) is 30.4 Å². The molecule has 0 aliphatic carbocycles. The predicted molar refractivity (Wildman–Crippen MR) is 83.6 cm³/mol. The summed E-state index contributed by atoms with van der Waals surface area (Å²) in [6, 6.07) is 9.01. The monoisotopic (exact) mass is 307 g/mol. The van der Waals surface area contributed by atoms with Crippen molar-refractivity contribution in [1.82, 2.24) is 4.90 Å². The Balaban J connectivity index is 2.27. The van der Waals surface area contributed by atoms with E-state index in [2.05, 4.69) is 5.32 Å². The van der Waals surface area contributed by atoms with Crippen LogP contribution in [0, 0.1) is 5.82 Å². The van der Waals surface area contributed by atoms with Gasteiger partial charge in [-0.05, 0) is 36.4 Å². The molecule has 0 aromatic heterocycles. The molecule has 21 heavy (non-hydrogen) atoms. The van der Waals surface area contributed by atoms with Gasteiger partial charge in [-0.1, -0.05) is 11.6 Å². The fourth-order valence-electron chi connectivity index (χ4n) is 1.85. The molecule has 0 fully saturated rings. The first-order valence-corrected chi connectivity index (χ1v) is 6.59. The smallest absolute Gasteiger partial charge is 0.253 e. The number of benzene rings is 2. The number of nitrogens with zero attached hydrogens (tertiary/aromatic N) is 1. The zero-order chi connectivity index (χ0) is 15.6. The lowest BCUT2D eigenvalue weighted by molar-refractivity contribution is 0.0827. The first-order valence-electron chi connectivity index (χ1n) is 6.21. The van der Waals surface area contributed by atoms with Crippen LogP contribution in [0.25, 0.3) is 0 Å². The van der Waals surface area contributed by atoms with Crippen LogP contribution in [0.15, 0.2) is 36.4 Å². The van der Waals surface area contributed by atoms with Crippen LogP contribution in [-0.2, 0) is 0 Å². The van der Waals surface area contributed by atoms with E-state index >= 15 is 0 Å². The number of rotatable bonds is 3. The first kappa shape index (κ1) is 15.1. The fraction of sp³-hybridized carbons (Fsp3) is 0.133. The van der Waals surface area contributed by atoms with E-state index < -0.39 is 5.82 Å².